The molecule has 0 aliphatic heterocycles. The summed E-state index contributed by atoms with van der Waals surface area (Å²) in [5, 5.41) is 11.8. The molecule has 3 unspecified atom stereocenters. The van der Waals surface area contributed by atoms with Crippen LogP contribution in [-0.4, -0.2) is 17.0 Å². The van der Waals surface area contributed by atoms with E-state index in [0.717, 1.165) is 11.8 Å². The molecule has 2 fully saturated rings. The molecule has 0 radical (unpaired) electrons. The van der Waals surface area contributed by atoms with Crippen molar-refractivity contribution < 1.29 is 14.7 Å². The van der Waals surface area contributed by atoms with Crippen molar-refractivity contribution in [1.82, 2.24) is 0 Å². The van der Waals surface area contributed by atoms with E-state index in [1.807, 2.05) is 6.07 Å². The molecule has 0 aromatic heterocycles. The van der Waals surface area contributed by atoms with E-state index < -0.39 is 5.97 Å². The van der Waals surface area contributed by atoms with Crippen LogP contribution in [0.25, 0.3) is 0 Å². The SMILES string of the molecule is O=C(O)Cc1ccccc1NC(=O)CC1CC2CCC1C2. The van der Waals surface area contributed by atoms with Crippen molar-refractivity contribution in [2.45, 2.75) is 38.5 Å². The van der Waals surface area contributed by atoms with E-state index in [1.54, 1.807) is 18.2 Å². The summed E-state index contributed by atoms with van der Waals surface area (Å²) in [6, 6.07) is 7.14. The third kappa shape index (κ3) is 3.26. The van der Waals surface area contributed by atoms with Crippen molar-refractivity contribution in [3.8, 4) is 0 Å². The lowest BCUT2D eigenvalue weighted by Gasteiger charge is -2.21. The Hall–Kier alpha value is -1.84. The molecule has 0 heterocycles. The normalized spacial score (nSPS) is 26.8. The number of carbonyl (C=O) groups excluding carboxylic acids is 1. The van der Waals surface area contributed by atoms with E-state index in [0.29, 0.717) is 23.6 Å². The van der Waals surface area contributed by atoms with Gasteiger partial charge in [-0.2, -0.15) is 0 Å². The summed E-state index contributed by atoms with van der Waals surface area (Å²) in [4.78, 5) is 23.1. The molecule has 0 saturated heterocycles. The van der Waals surface area contributed by atoms with Gasteiger partial charge >= 0.3 is 5.97 Å². The smallest absolute Gasteiger partial charge is 0.307 e. The first-order valence-corrected chi connectivity index (χ1v) is 7.71. The summed E-state index contributed by atoms with van der Waals surface area (Å²) in [7, 11) is 0. The fourth-order valence-corrected chi connectivity index (χ4v) is 4.03. The molecule has 2 saturated carbocycles. The highest BCUT2D eigenvalue weighted by molar-refractivity contribution is 5.92. The van der Waals surface area contributed by atoms with Crippen molar-refractivity contribution in [3.05, 3.63) is 29.8 Å². The van der Waals surface area contributed by atoms with E-state index in [9.17, 15) is 9.59 Å². The minimum absolute atomic E-state index is 0.0189. The Morgan fingerprint density at radius 3 is 2.67 bits per heavy atom. The zero-order valence-corrected chi connectivity index (χ0v) is 12.0. The molecule has 2 aliphatic rings. The molecule has 1 aromatic carbocycles. The standard InChI is InChI=1S/C17H21NO3/c19-16(9-14-8-11-5-6-12(14)7-11)18-15-4-2-1-3-13(15)10-17(20)21/h1-4,11-12,14H,5-10H2,(H,18,19)(H,20,21). The average molecular weight is 287 g/mol. The van der Waals surface area contributed by atoms with Crippen LogP contribution in [0.15, 0.2) is 24.3 Å². The van der Waals surface area contributed by atoms with Crippen LogP contribution in [0.1, 0.15) is 37.7 Å². The fraction of sp³-hybridized carbons (Fsp3) is 0.529. The van der Waals surface area contributed by atoms with Crippen LogP contribution in [-0.2, 0) is 16.0 Å². The largest absolute Gasteiger partial charge is 0.481 e. The minimum atomic E-state index is -0.884. The van der Waals surface area contributed by atoms with E-state index in [1.165, 1.54) is 25.7 Å². The first kappa shape index (κ1) is 14.1. The lowest BCUT2D eigenvalue weighted by Crippen LogP contribution is -2.21. The van der Waals surface area contributed by atoms with Crippen LogP contribution < -0.4 is 5.32 Å². The summed E-state index contributed by atoms with van der Waals surface area (Å²) in [6.45, 7) is 0. The summed E-state index contributed by atoms with van der Waals surface area (Å²) < 4.78 is 0. The van der Waals surface area contributed by atoms with Gasteiger partial charge in [0.2, 0.25) is 5.91 Å². The van der Waals surface area contributed by atoms with Crippen LogP contribution in [0, 0.1) is 17.8 Å². The van der Waals surface area contributed by atoms with Gasteiger partial charge in [-0.3, -0.25) is 9.59 Å². The second-order valence-electron chi connectivity index (χ2n) is 6.41. The van der Waals surface area contributed by atoms with E-state index in [2.05, 4.69) is 5.32 Å². The number of anilines is 1. The van der Waals surface area contributed by atoms with Gasteiger partial charge in [-0.1, -0.05) is 24.6 Å². The number of para-hydroxylation sites is 1. The quantitative estimate of drug-likeness (QED) is 0.874. The van der Waals surface area contributed by atoms with Gasteiger partial charge in [0, 0.05) is 12.1 Å². The molecule has 1 amide bonds. The Balaban J connectivity index is 1.61. The highest BCUT2D eigenvalue weighted by Crippen LogP contribution is 2.49. The molecule has 2 aliphatic carbocycles. The molecule has 21 heavy (non-hydrogen) atoms. The lowest BCUT2D eigenvalue weighted by molar-refractivity contribution is -0.136. The third-order valence-electron chi connectivity index (χ3n) is 4.97. The Kier molecular flexibility index (Phi) is 3.95. The van der Waals surface area contributed by atoms with Gasteiger partial charge < -0.3 is 10.4 Å². The van der Waals surface area contributed by atoms with Crippen molar-refractivity contribution >= 4 is 17.6 Å². The lowest BCUT2D eigenvalue weighted by atomic mass is 9.86. The second kappa shape index (κ2) is 5.88. The number of nitrogens with one attached hydrogen (secondary N) is 1. The van der Waals surface area contributed by atoms with Crippen LogP contribution in [0.3, 0.4) is 0 Å². The maximum absolute atomic E-state index is 12.2. The fourth-order valence-electron chi connectivity index (χ4n) is 4.03. The summed E-state index contributed by atoms with van der Waals surface area (Å²) >= 11 is 0. The zero-order chi connectivity index (χ0) is 14.8. The number of carboxylic acid groups (broad SMARTS) is 1. The Morgan fingerprint density at radius 2 is 2.00 bits per heavy atom. The molecule has 3 rings (SSSR count). The number of aliphatic carboxylic acids is 1. The van der Waals surface area contributed by atoms with Crippen LogP contribution in [0.4, 0.5) is 5.69 Å². The maximum atomic E-state index is 12.2. The maximum Gasteiger partial charge on any atom is 0.307 e. The van der Waals surface area contributed by atoms with Gasteiger partial charge in [-0.15, -0.1) is 0 Å². The topological polar surface area (TPSA) is 66.4 Å². The third-order valence-corrected chi connectivity index (χ3v) is 4.97. The van der Waals surface area contributed by atoms with E-state index >= 15 is 0 Å². The Bertz CT molecular complexity index is 555. The molecule has 4 nitrogen and oxygen atoms in total. The average Bonchev–Trinajstić information content (AvgIpc) is 3.02. The predicted molar refractivity (Wildman–Crippen MR) is 80.0 cm³/mol. The summed E-state index contributed by atoms with van der Waals surface area (Å²) in [5.41, 5.74) is 1.29. The number of benzene rings is 1. The minimum Gasteiger partial charge on any atom is -0.481 e. The van der Waals surface area contributed by atoms with Crippen molar-refractivity contribution in [2.24, 2.45) is 17.8 Å². The van der Waals surface area contributed by atoms with Gasteiger partial charge in [-0.25, -0.2) is 0 Å². The molecule has 2 bridgehead atoms. The second-order valence-corrected chi connectivity index (χ2v) is 6.41. The molecular formula is C17H21NO3. The number of amides is 1. The highest BCUT2D eigenvalue weighted by atomic mass is 16.4. The number of rotatable bonds is 5. The van der Waals surface area contributed by atoms with Gasteiger partial charge in [0.15, 0.2) is 0 Å². The Morgan fingerprint density at radius 1 is 1.19 bits per heavy atom. The first-order chi connectivity index (χ1) is 10.1. The molecule has 112 valence electrons. The van der Waals surface area contributed by atoms with Crippen molar-refractivity contribution in [3.63, 3.8) is 0 Å². The van der Waals surface area contributed by atoms with Gasteiger partial charge in [0.1, 0.15) is 0 Å². The van der Waals surface area contributed by atoms with E-state index in [-0.39, 0.29) is 12.3 Å². The molecule has 1 aromatic rings. The van der Waals surface area contributed by atoms with Gasteiger partial charge in [0.05, 0.1) is 6.42 Å². The zero-order valence-electron chi connectivity index (χ0n) is 12.0. The Labute approximate surface area is 124 Å². The van der Waals surface area contributed by atoms with Crippen LogP contribution in [0.5, 0.6) is 0 Å². The van der Waals surface area contributed by atoms with Crippen LogP contribution >= 0.6 is 0 Å². The van der Waals surface area contributed by atoms with Crippen molar-refractivity contribution in [1.29, 1.82) is 0 Å². The van der Waals surface area contributed by atoms with Crippen molar-refractivity contribution in [2.75, 3.05) is 5.32 Å². The molecular weight excluding hydrogens is 266 g/mol. The number of fused-ring (bicyclic) bond motifs is 2. The molecule has 4 heteroatoms. The molecule has 3 atom stereocenters. The molecule has 2 N–H and O–H groups in total. The van der Waals surface area contributed by atoms with Gasteiger partial charge in [-0.05, 0) is 48.6 Å². The number of carbonyl (C=O) groups is 2. The predicted octanol–water partition coefficient (Wildman–Crippen LogP) is 3.08. The van der Waals surface area contributed by atoms with Gasteiger partial charge in [0.25, 0.3) is 0 Å². The van der Waals surface area contributed by atoms with Crippen LogP contribution in [0.2, 0.25) is 0 Å². The monoisotopic (exact) mass is 287 g/mol. The number of carboxylic acids is 1. The first-order valence-electron chi connectivity index (χ1n) is 7.71. The van der Waals surface area contributed by atoms with E-state index in [4.69, 9.17) is 5.11 Å². The summed E-state index contributed by atoms with van der Waals surface area (Å²) in [6.07, 6.45) is 5.61. The summed E-state index contributed by atoms with van der Waals surface area (Å²) in [5.74, 6) is 1.23. The number of hydrogen-bond donors (Lipinski definition) is 2. The molecule has 0 spiro atoms. The highest BCUT2D eigenvalue weighted by Gasteiger charge is 2.40. The number of hydrogen-bond acceptors (Lipinski definition) is 2.